The van der Waals surface area contributed by atoms with Crippen LogP contribution in [0.5, 0.6) is 5.75 Å². The zero-order chi connectivity index (χ0) is 21.1. The average Bonchev–Trinajstić information content (AvgIpc) is 3.23. The molecule has 0 aliphatic heterocycles. The van der Waals surface area contributed by atoms with Crippen LogP contribution in [0.1, 0.15) is 16.1 Å². The van der Waals surface area contributed by atoms with E-state index in [1.54, 1.807) is 29.8 Å². The van der Waals surface area contributed by atoms with E-state index >= 15 is 0 Å². The number of fused-ring (bicyclic) bond motifs is 1. The Morgan fingerprint density at radius 1 is 1.13 bits per heavy atom. The molecular weight excluding hydrogens is 385 g/mol. The Hall–Kier alpha value is -3.94. The summed E-state index contributed by atoms with van der Waals surface area (Å²) in [6, 6.07) is 14.3. The molecule has 0 saturated heterocycles. The third-order valence-electron chi connectivity index (χ3n) is 4.81. The van der Waals surface area contributed by atoms with Crippen molar-refractivity contribution in [3.8, 4) is 16.9 Å². The number of nitrogens with one attached hydrogen (secondary N) is 2. The highest BCUT2D eigenvalue weighted by Gasteiger charge is 2.19. The van der Waals surface area contributed by atoms with Crippen molar-refractivity contribution in [1.29, 1.82) is 0 Å². The Balaban J connectivity index is 1.79. The van der Waals surface area contributed by atoms with E-state index in [1.165, 1.54) is 19.5 Å². The second-order valence-electron chi connectivity index (χ2n) is 6.53. The molecular formula is C22H20FN5O2. The number of methoxy groups -OCH3 is 1. The molecule has 152 valence electrons. The zero-order valence-corrected chi connectivity index (χ0v) is 16.5. The minimum absolute atomic E-state index is 0.149. The maximum atomic E-state index is 14.3. The normalized spacial score (nSPS) is 10.8. The maximum Gasteiger partial charge on any atom is 0.271 e. The van der Waals surface area contributed by atoms with Gasteiger partial charge in [0.15, 0.2) is 5.69 Å². The highest BCUT2D eigenvalue weighted by molar-refractivity contribution is 6.03. The fourth-order valence-corrected chi connectivity index (χ4v) is 3.33. The highest BCUT2D eigenvalue weighted by Crippen LogP contribution is 2.29. The first kappa shape index (κ1) is 19.4. The fourth-order valence-electron chi connectivity index (χ4n) is 3.33. The van der Waals surface area contributed by atoms with E-state index in [0.717, 1.165) is 11.1 Å². The predicted molar refractivity (Wildman–Crippen MR) is 112 cm³/mol. The van der Waals surface area contributed by atoms with Gasteiger partial charge in [-0.15, -0.1) is 0 Å². The molecule has 1 amide bonds. The van der Waals surface area contributed by atoms with E-state index in [4.69, 9.17) is 4.74 Å². The monoisotopic (exact) mass is 405 g/mol. The van der Waals surface area contributed by atoms with Crippen molar-refractivity contribution >= 4 is 17.4 Å². The van der Waals surface area contributed by atoms with Gasteiger partial charge >= 0.3 is 0 Å². The summed E-state index contributed by atoms with van der Waals surface area (Å²) in [6.45, 7) is 0.149. The molecule has 0 radical (unpaired) electrons. The Morgan fingerprint density at radius 3 is 2.67 bits per heavy atom. The second-order valence-corrected chi connectivity index (χ2v) is 6.53. The molecule has 0 aliphatic carbocycles. The molecule has 30 heavy (non-hydrogen) atoms. The minimum Gasteiger partial charge on any atom is -0.496 e. The van der Waals surface area contributed by atoms with Crippen LogP contribution in [0, 0.1) is 5.82 Å². The third-order valence-corrected chi connectivity index (χ3v) is 4.81. The molecule has 4 aromatic rings. The Labute approximate surface area is 172 Å². The molecule has 0 aliphatic rings. The van der Waals surface area contributed by atoms with Crippen molar-refractivity contribution in [3.63, 3.8) is 0 Å². The number of amides is 1. The van der Waals surface area contributed by atoms with Gasteiger partial charge in [-0.05, 0) is 17.7 Å². The first-order valence-electron chi connectivity index (χ1n) is 9.32. The summed E-state index contributed by atoms with van der Waals surface area (Å²) in [6.07, 6.45) is 3.21. The Bertz CT molecular complexity index is 1210. The summed E-state index contributed by atoms with van der Waals surface area (Å²) in [4.78, 5) is 21.2. The van der Waals surface area contributed by atoms with Crippen LogP contribution in [0.4, 0.5) is 10.3 Å². The average molecular weight is 405 g/mol. The summed E-state index contributed by atoms with van der Waals surface area (Å²) in [5.74, 6) is 0.187. The van der Waals surface area contributed by atoms with Gasteiger partial charge < -0.3 is 15.4 Å². The van der Waals surface area contributed by atoms with Gasteiger partial charge in [-0.1, -0.05) is 36.4 Å². The molecule has 8 heteroatoms. The standard InChI is InChI=1S/C22H20FN5O2/c1-24-21(29)19-20-15(14-7-4-3-5-8-14)11-25-22(28(20)13-27-19)26-12-16-17(23)9-6-10-18(16)30-2/h3-11,13H,12H2,1-2H3,(H,24,29)(H,25,26). The van der Waals surface area contributed by atoms with Gasteiger partial charge in [0.05, 0.1) is 12.6 Å². The van der Waals surface area contributed by atoms with Crippen LogP contribution in [0.3, 0.4) is 0 Å². The molecule has 0 fully saturated rings. The van der Waals surface area contributed by atoms with Gasteiger partial charge in [-0.3, -0.25) is 9.20 Å². The number of nitrogens with zero attached hydrogens (tertiary/aromatic N) is 3. The van der Waals surface area contributed by atoms with Gasteiger partial charge in [-0.2, -0.15) is 0 Å². The van der Waals surface area contributed by atoms with Gasteiger partial charge in [0.2, 0.25) is 5.95 Å². The number of anilines is 1. The molecule has 0 bridgehead atoms. The summed E-state index contributed by atoms with van der Waals surface area (Å²) < 4.78 is 21.2. The smallest absolute Gasteiger partial charge is 0.271 e. The number of aromatic nitrogens is 3. The summed E-state index contributed by atoms with van der Waals surface area (Å²) in [5.41, 5.74) is 2.95. The van der Waals surface area contributed by atoms with Crippen molar-refractivity contribution in [3.05, 3.63) is 78.1 Å². The van der Waals surface area contributed by atoms with Crippen LogP contribution >= 0.6 is 0 Å². The minimum atomic E-state index is -0.379. The van der Waals surface area contributed by atoms with Crippen molar-refractivity contribution in [2.75, 3.05) is 19.5 Å². The van der Waals surface area contributed by atoms with Crippen molar-refractivity contribution in [1.82, 2.24) is 19.7 Å². The van der Waals surface area contributed by atoms with Crippen molar-refractivity contribution in [2.24, 2.45) is 0 Å². The Morgan fingerprint density at radius 2 is 1.93 bits per heavy atom. The SMILES string of the molecule is CNC(=O)c1ncn2c(NCc3c(F)cccc3OC)ncc(-c3ccccc3)c12. The predicted octanol–water partition coefficient (Wildman–Crippen LogP) is 3.52. The largest absolute Gasteiger partial charge is 0.496 e. The van der Waals surface area contributed by atoms with Crippen LogP contribution in [-0.2, 0) is 6.54 Å². The molecule has 7 nitrogen and oxygen atoms in total. The molecule has 4 rings (SSSR count). The first-order chi connectivity index (χ1) is 14.6. The molecule has 0 unspecified atom stereocenters. The molecule has 2 N–H and O–H groups in total. The number of carbonyl (C=O) groups excluding carboxylic acids is 1. The van der Waals surface area contributed by atoms with Crippen LogP contribution in [-0.4, -0.2) is 34.4 Å². The number of hydrogen-bond donors (Lipinski definition) is 2. The number of carbonyl (C=O) groups is 1. The fraction of sp³-hybridized carbons (Fsp3) is 0.136. The van der Waals surface area contributed by atoms with Crippen LogP contribution < -0.4 is 15.4 Å². The molecule has 2 aromatic carbocycles. The summed E-state index contributed by atoms with van der Waals surface area (Å²) >= 11 is 0. The highest BCUT2D eigenvalue weighted by atomic mass is 19.1. The summed E-state index contributed by atoms with van der Waals surface area (Å²) in [7, 11) is 3.05. The van der Waals surface area contributed by atoms with E-state index in [9.17, 15) is 9.18 Å². The van der Waals surface area contributed by atoms with E-state index in [2.05, 4.69) is 20.6 Å². The molecule has 2 aromatic heterocycles. The van der Waals surface area contributed by atoms with Crippen molar-refractivity contribution in [2.45, 2.75) is 6.54 Å². The van der Waals surface area contributed by atoms with Crippen LogP contribution in [0.2, 0.25) is 0 Å². The number of hydrogen-bond acceptors (Lipinski definition) is 5. The van der Waals surface area contributed by atoms with E-state index < -0.39 is 0 Å². The van der Waals surface area contributed by atoms with E-state index in [1.807, 2.05) is 30.3 Å². The second kappa shape index (κ2) is 8.20. The zero-order valence-electron chi connectivity index (χ0n) is 16.5. The number of ether oxygens (including phenoxy) is 1. The number of rotatable bonds is 6. The maximum absolute atomic E-state index is 14.3. The Kier molecular flexibility index (Phi) is 5.30. The quantitative estimate of drug-likeness (QED) is 0.513. The lowest BCUT2D eigenvalue weighted by molar-refractivity contribution is 0.0960. The molecule has 0 atom stereocenters. The van der Waals surface area contributed by atoms with Gasteiger partial charge in [0.25, 0.3) is 5.91 Å². The molecule has 2 heterocycles. The summed E-state index contributed by atoms with van der Waals surface area (Å²) in [5, 5.41) is 5.74. The number of halogens is 1. The molecule has 0 spiro atoms. The van der Waals surface area contributed by atoms with Gasteiger partial charge in [-0.25, -0.2) is 14.4 Å². The molecule has 0 saturated carbocycles. The third kappa shape index (κ3) is 3.43. The first-order valence-corrected chi connectivity index (χ1v) is 9.32. The van der Waals surface area contributed by atoms with Gasteiger partial charge in [0.1, 0.15) is 17.9 Å². The van der Waals surface area contributed by atoms with Crippen molar-refractivity contribution < 1.29 is 13.9 Å². The lowest BCUT2D eigenvalue weighted by Crippen LogP contribution is -2.19. The lowest BCUT2D eigenvalue weighted by Gasteiger charge is -2.14. The topological polar surface area (TPSA) is 80.6 Å². The van der Waals surface area contributed by atoms with Crippen LogP contribution in [0.15, 0.2) is 61.1 Å². The van der Waals surface area contributed by atoms with Crippen LogP contribution in [0.25, 0.3) is 16.6 Å². The number of benzene rings is 2. The van der Waals surface area contributed by atoms with E-state index in [0.29, 0.717) is 22.8 Å². The number of imidazole rings is 1. The van der Waals surface area contributed by atoms with Gasteiger partial charge in [0, 0.05) is 30.9 Å². The lowest BCUT2D eigenvalue weighted by atomic mass is 10.1. The van der Waals surface area contributed by atoms with E-state index in [-0.39, 0.29) is 24.0 Å².